The van der Waals surface area contributed by atoms with E-state index in [9.17, 15) is 4.79 Å². The molecule has 1 aromatic carbocycles. The summed E-state index contributed by atoms with van der Waals surface area (Å²) < 4.78 is 13.2. The van der Waals surface area contributed by atoms with Gasteiger partial charge in [-0.25, -0.2) is 14.5 Å². The zero-order valence-corrected chi connectivity index (χ0v) is 16.9. The summed E-state index contributed by atoms with van der Waals surface area (Å²) in [6.45, 7) is 0.316. The molecule has 3 aromatic rings. The van der Waals surface area contributed by atoms with Crippen molar-refractivity contribution in [1.82, 2.24) is 20.1 Å². The molecule has 30 heavy (non-hydrogen) atoms. The zero-order valence-electron chi connectivity index (χ0n) is 16.9. The van der Waals surface area contributed by atoms with Crippen molar-refractivity contribution in [2.24, 2.45) is 0 Å². The van der Waals surface area contributed by atoms with E-state index in [-0.39, 0.29) is 12.1 Å². The van der Waals surface area contributed by atoms with E-state index in [1.165, 1.54) is 12.8 Å². The second kappa shape index (κ2) is 9.30. The van der Waals surface area contributed by atoms with Crippen molar-refractivity contribution in [3.8, 4) is 17.3 Å². The van der Waals surface area contributed by atoms with Gasteiger partial charge in [0.15, 0.2) is 17.3 Å². The number of benzene rings is 1. The van der Waals surface area contributed by atoms with Crippen LogP contribution in [0.5, 0.6) is 11.5 Å². The van der Waals surface area contributed by atoms with Crippen molar-refractivity contribution in [2.75, 3.05) is 12.4 Å². The molecule has 0 atom stereocenters. The van der Waals surface area contributed by atoms with Crippen LogP contribution in [-0.2, 0) is 6.54 Å². The van der Waals surface area contributed by atoms with Gasteiger partial charge in [-0.2, -0.15) is 5.10 Å². The average Bonchev–Trinajstić information content (AvgIpc) is 3.47. The summed E-state index contributed by atoms with van der Waals surface area (Å²) in [6.07, 6.45) is 9.86. The van der Waals surface area contributed by atoms with Gasteiger partial charge < -0.3 is 20.1 Å². The number of carbonyl (C=O) groups excluding carboxylic acids is 1. The molecule has 2 amide bonds. The van der Waals surface area contributed by atoms with E-state index in [4.69, 9.17) is 9.47 Å². The number of methoxy groups -OCH3 is 1. The number of aromatic nitrogens is 3. The Morgan fingerprint density at radius 1 is 1.17 bits per heavy atom. The minimum atomic E-state index is -0.317. The lowest BCUT2D eigenvalue weighted by atomic mass is 10.2. The van der Waals surface area contributed by atoms with Crippen molar-refractivity contribution in [3.63, 3.8) is 0 Å². The minimum absolute atomic E-state index is 0.203. The number of amides is 2. The quantitative estimate of drug-likeness (QED) is 0.620. The average molecular weight is 407 g/mol. The molecular formula is C22H25N5O3. The van der Waals surface area contributed by atoms with Gasteiger partial charge in [0.2, 0.25) is 0 Å². The van der Waals surface area contributed by atoms with Crippen LogP contribution in [0.1, 0.15) is 31.2 Å². The number of nitrogens with one attached hydrogen (secondary N) is 2. The third kappa shape index (κ3) is 4.71. The largest absolute Gasteiger partial charge is 0.493 e. The van der Waals surface area contributed by atoms with Crippen LogP contribution in [0.4, 0.5) is 10.5 Å². The molecule has 8 heteroatoms. The first-order chi connectivity index (χ1) is 14.7. The van der Waals surface area contributed by atoms with E-state index in [1.807, 2.05) is 24.4 Å². The molecule has 0 unspecified atom stereocenters. The smallest absolute Gasteiger partial charge is 0.319 e. The molecule has 1 fully saturated rings. The van der Waals surface area contributed by atoms with Crippen LogP contribution >= 0.6 is 0 Å². The molecule has 0 spiro atoms. The predicted molar refractivity (Wildman–Crippen MR) is 113 cm³/mol. The number of carbonyl (C=O) groups is 1. The van der Waals surface area contributed by atoms with Crippen molar-refractivity contribution in [1.29, 1.82) is 0 Å². The van der Waals surface area contributed by atoms with Crippen molar-refractivity contribution < 1.29 is 14.3 Å². The molecule has 8 nitrogen and oxygen atoms in total. The molecule has 2 aromatic heterocycles. The zero-order chi connectivity index (χ0) is 20.8. The third-order valence-electron chi connectivity index (χ3n) is 5.05. The van der Waals surface area contributed by atoms with Gasteiger partial charge in [0.25, 0.3) is 0 Å². The van der Waals surface area contributed by atoms with Gasteiger partial charge in [0.1, 0.15) is 0 Å². The maximum Gasteiger partial charge on any atom is 0.319 e. The van der Waals surface area contributed by atoms with Crippen LogP contribution in [0.15, 0.2) is 55.0 Å². The van der Waals surface area contributed by atoms with Crippen LogP contribution < -0.4 is 20.1 Å². The number of rotatable bonds is 7. The molecule has 0 bridgehead atoms. The maximum atomic E-state index is 12.5. The van der Waals surface area contributed by atoms with E-state index in [1.54, 1.807) is 42.4 Å². The molecular weight excluding hydrogens is 382 g/mol. The molecule has 1 aliphatic carbocycles. The van der Waals surface area contributed by atoms with Gasteiger partial charge in [-0.05, 0) is 49.9 Å². The third-order valence-corrected chi connectivity index (χ3v) is 5.05. The fraction of sp³-hybridized carbons (Fsp3) is 0.318. The number of pyridine rings is 1. The summed E-state index contributed by atoms with van der Waals surface area (Å²) in [5.41, 5.74) is 1.50. The van der Waals surface area contributed by atoms with E-state index >= 15 is 0 Å². The lowest BCUT2D eigenvalue weighted by Crippen LogP contribution is -2.28. The van der Waals surface area contributed by atoms with Gasteiger partial charge >= 0.3 is 6.03 Å². The summed E-state index contributed by atoms with van der Waals surface area (Å²) >= 11 is 0. The Morgan fingerprint density at radius 2 is 2.03 bits per heavy atom. The SMILES string of the molecule is COc1ccc(NC(=O)NCc2cccnc2-n2cccn2)cc1OC1CCCC1. The molecule has 0 saturated heterocycles. The number of anilines is 1. The predicted octanol–water partition coefficient (Wildman–Crippen LogP) is 3.92. The van der Waals surface area contributed by atoms with Crippen molar-refractivity contribution in [2.45, 2.75) is 38.3 Å². The van der Waals surface area contributed by atoms with E-state index in [0.29, 0.717) is 29.5 Å². The second-order valence-corrected chi connectivity index (χ2v) is 7.13. The first-order valence-corrected chi connectivity index (χ1v) is 10.1. The standard InChI is InChI=1S/C22H25N5O3/c1-29-19-10-9-17(14-20(19)30-18-7-2-3-8-18)26-22(28)24-15-16-6-4-11-23-21(16)27-13-5-12-25-27/h4-6,9-14,18H,2-3,7-8,15H2,1H3,(H2,24,26,28). The Morgan fingerprint density at radius 3 is 2.80 bits per heavy atom. The molecule has 1 saturated carbocycles. The Labute approximate surface area is 175 Å². The maximum absolute atomic E-state index is 12.5. The second-order valence-electron chi connectivity index (χ2n) is 7.13. The molecule has 156 valence electrons. The van der Waals surface area contributed by atoms with E-state index in [0.717, 1.165) is 18.4 Å². The monoisotopic (exact) mass is 407 g/mol. The highest BCUT2D eigenvalue weighted by atomic mass is 16.5. The molecule has 2 N–H and O–H groups in total. The summed E-state index contributed by atoms with van der Waals surface area (Å²) in [5.74, 6) is 1.99. The fourth-order valence-electron chi connectivity index (χ4n) is 3.55. The highest BCUT2D eigenvalue weighted by Crippen LogP contribution is 2.33. The molecule has 4 rings (SSSR count). The lowest BCUT2D eigenvalue weighted by Gasteiger charge is -2.17. The first-order valence-electron chi connectivity index (χ1n) is 10.1. The molecule has 2 heterocycles. The van der Waals surface area contributed by atoms with Gasteiger partial charge in [0.05, 0.1) is 13.2 Å². The van der Waals surface area contributed by atoms with Crippen LogP contribution in [-0.4, -0.2) is 34.0 Å². The van der Waals surface area contributed by atoms with Gasteiger partial charge in [-0.3, -0.25) is 0 Å². The highest BCUT2D eigenvalue weighted by molar-refractivity contribution is 5.89. The Bertz CT molecular complexity index is 984. The Hall–Kier alpha value is -3.55. The van der Waals surface area contributed by atoms with Crippen LogP contribution in [0.2, 0.25) is 0 Å². The summed E-state index contributed by atoms with van der Waals surface area (Å²) in [5, 5.41) is 9.93. The number of ether oxygens (including phenoxy) is 2. The highest BCUT2D eigenvalue weighted by Gasteiger charge is 2.19. The Balaban J connectivity index is 1.40. The normalized spacial score (nSPS) is 13.8. The van der Waals surface area contributed by atoms with E-state index in [2.05, 4.69) is 20.7 Å². The fourth-order valence-corrected chi connectivity index (χ4v) is 3.55. The summed E-state index contributed by atoms with van der Waals surface area (Å²) in [4.78, 5) is 16.8. The van der Waals surface area contributed by atoms with Crippen LogP contribution in [0, 0.1) is 0 Å². The number of hydrogen-bond acceptors (Lipinski definition) is 5. The Kier molecular flexibility index (Phi) is 6.12. The van der Waals surface area contributed by atoms with Crippen molar-refractivity contribution in [3.05, 3.63) is 60.6 Å². The summed E-state index contributed by atoms with van der Waals surface area (Å²) in [6, 6.07) is 10.6. The van der Waals surface area contributed by atoms with Gasteiger partial charge in [-0.15, -0.1) is 0 Å². The number of nitrogens with zero attached hydrogens (tertiary/aromatic N) is 3. The van der Waals surface area contributed by atoms with Crippen LogP contribution in [0.3, 0.4) is 0 Å². The van der Waals surface area contributed by atoms with Gasteiger partial charge in [0, 0.05) is 42.5 Å². The lowest BCUT2D eigenvalue weighted by molar-refractivity contribution is 0.201. The first kappa shape index (κ1) is 19.8. The van der Waals surface area contributed by atoms with Gasteiger partial charge in [-0.1, -0.05) is 6.07 Å². The van der Waals surface area contributed by atoms with E-state index < -0.39 is 0 Å². The number of urea groups is 1. The summed E-state index contributed by atoms with van der Waals surface area (Å²) in [7, 11) is 1.61. The number of hydrogen-bond donors (Lipinski definition) is 2. The molecule has 0 radical (unpaired) electrons. The van der Waals surface area contributed by atoms with Crippen molar-refractivity contribution >= 4 is 11.7 Å². The molecule has 0 aliphatic heterocycles. The topological polar surface area (TPSA) is 90.3 Å². The molecule has 1 aliphatic rings. The minimum Gasteiger partial charge on any atom is -0.493 e. The van der Waals surface area contributed by atoms with Crippen LogP contribution in [0.25, 0.3) is 5.82 Å².